The zero-order valence-corrected chi connectivity index (χ0v) is 12.4. The molecule has 1 aromatic rings. The van der Waals surface area contributed by atoms with E-state index >= 15 is 0 Å². The predicted molar refractivity (Wildman–Crippen MR) is 79.8 cm³/mol. The summed E-state index contributed by atoms with van der Waals surface area (Å²) < 4.78 is 0. The van der Waals surface area contributed by atoms with Crippen LogP contribution in [-0.4, -0.2) is 41.8 Å². The highest BCUT2D eigenvalue weighted by atomic mass is 16.3. The number of rotatable bonds is 4. The van der Waals surface area contributed by atoms with Crippen molar-refractivity contribution in [1.82, 2.24) is 10.2 Å². The van der Waals surface area contributed by atoms with Crippen molar-refractivity contribution in [2.75, 3.05) is 19.7 Å². The molecule has 0 bridgehead atoms. The molecule has 0 aromatic heterocycles. The van der Waals surface area contributed by atoms with E-state index in [0.29, 0.717) is 6.54 Å². The molecule has 20 heavy (non-hydrogen) atoms. The first-order valence-electron chi connectivity index (χ1n) is 7.33. The zero-order valence-electron chi connectivity index (χ0n) is 12.4. The second-order valence-electron chi connectivity index (χ2n) is 5.58. The molecule has 0 saturated carbocycles. The van der Waals surface area contributed by atoms with Crippen molar-refractivity contribution in [3.63, 3.8) is 0 Å². The van der Waals surface area contributed by atoms with E-state index in [1.807, 2.05) is 0 Å². The molecule has 2 rings (SSSR count). The number of amides is 2. The molecule has 1 aromatic carbocycles. The van der Waals surface area contributed by atoms with Gasteiger partial charge in [0.15, 0.2) is 0 Å². The third-order valence-electron chi connectivity index (χ3n) is 4.02. The lowest BCUT2D eigenvalue weighted by molar-refractivity contribution is 0.157. The van der Waals surface area contributed by atoms with Crippen molar-refractivity contribution in [1.29, 1.82) is 0 Å². The Balaban J connectivity index is 1.82. The lowest BCUT2D eigenvalue weighted by Crippen LogP contribution is -2.44. The van der Waals surface area contributed by atoms with E-state index in [4.69, 9.17) is 0 Å². The minimum absolute atomic E-state index is 0.00360. The summed E-state index contributed by atoms with van der Waals surface area (Å²) in [7, 11) is 0. The lowest BCUT2D eigenvalue weighted by Gasteiger charge is -2.23. The van der Waals surface area contributed by atoms with Gasteiger partial charge in [0.1, 0.15) is 0 Å². The number of likely N-dealkylation sites (tertiary alicyclic amines) is 1. The first-order valence-corrected chi connectivity index (χ1v) is 7.33. The standard InChI is InChI=1S/C16H24N2O2/c1-12-5-6-14(13(2)10-12)7-8-17-16(20)18-9-3-4-15(18)11-19/h5-6,10,15,19H,3-4,7-9,11H2,1-2H3,(H,17,20)/t15-/m0/s1. The van der Waals surface area contributed by atoms with Crippen LogP contribution in [0, 0.1) is 13.8 Å². The molecule has 1 saturated heterocycles. The minimum atomic E-state index is -0.0497. The smallest absolute Gasteiger partial charge is 0.317 e. The molecule has 4 nitrogen and oxygen atoms in total. The predicted octanol–water partition coefficient (Wildman–Crippen LogP) is 2.01. The summed E-state index contributed by atoms with van der Waals surface area (Å²) in [6.07, 6.45) is 2.73. The molecule has 1 atom stereocenters. The number of benzene rings is 1. The maximum atomic E-state index is 12.0. The number of nitrogens with zero attached hydrogens (tertiary/aromatic N) is 1. The fourth-order valence-electron chi connectivity index (χ4n) is 2.82. The third-order valence-corrected chi connectivity index (χ3v) is 4.02. The quantitative estimate of drug-likeness (QED) is 0.884. The van der Waals surface area contributed by atoms with Crippen molar-refractivity contribution in [3.05, 3.63) is 34.9 Å². The van der Waals surface area contributed by atoms with E-state index in [0.717, 1.165) is 25.8 Å². The summed E-state index contributed by atoms with van der Waals surface area (Å²) in [5.41, 5.74) is 3.81. The van der Waals surface area contributed by atoms with Gasteiger partial charge in [0.05, 0.1) is 12.6 Å². The molecule has 2 amide bonds. The lowest BCUT2D eigenvalue weighted by atomic mass is 10.0. The number of aryl methyl sites for hydroxylation is 2. The fourth-order valence-corrected chi connectivity index (χ4v) is 2.82. The monoisotopic (exact) mass is 276 g/mol. The Bertz CT molecular complexity index is 474. The van der Waals surface area contributed by atoms with Crippen molar-refractivity contribution >= 4 is 6.03 Å². The van der Waals surface area contributed by atoms with Crippen LogP contribution in [0.3, 0.4) is 0 Å². The second-order valence-corrected chi connectivity index (χ2v) is 5.58. The summed E-state index contributed by atoms with van der Waals surface area (Å²) in [5, 5.41) is 12.2. The van der Waals surface area contributed by atoms with Crippen LogP contribution < -0.4 is 5.32 Å². The van der Waals surface area contributed by atoms with Crippen LogP contribution >= 0.6 is 0 Å². The van der Waals surface area contributed by atoms with Crippen molar-refractivity contribution in [2.24, 2.45) is 0 Å². The Morgan fingerprint density at radius 3 is 2.95 bits per heavy atom. The molecular formula is C16H24N2O2. The number of carbonyl (C=O) groups excluding carboxylic acids is 1. The van der Waals surface area contributed by atoms with Gasteiger partial charge < -0.3 is 15.3 Å². The Labute approximate surface area is 120 Å². The van der Waals surface area contributed by atoms with E-state index in [-0.39, 0.29) is 18.7 Å². The normalized spacial score (nSPS) is 18.4. The Morgan fingerprint density at radius 1 is 1.45 bits per heavy atom. The van der Waals surface area contributed by atoms with E-state index in [1.54, 1.807) is 4.90 Å². The number of aliphatic hydroxyl groups excluding tert-OH is 1. The van der Waals surface area contributed by atoms with Crippen LogP contribution in [0.2, 0.25) is 0 Å². The number of carbonyl (C=O) groups is 1. The third kappa shape index (κ3) is 3.51. The SMILES string of the molecule is Cc1ccc(CCNC(=O)N2CCC[C@H]2CO)c(C)c1. The van der Waals surface area contributed by atoms with Gasteiger partial charge in [-0.3, -0.25) is 0 Å². The Hall–Kier alpha value is -1.55. The first kappa shape index (κ1) is 14.9. The van der Waals surface area contributed by atoms with Crippen molar-refractivity contribution < 1.29 is 9.90 Å². The van der Waals surface area contributed by atoms with Gasteiger partial charge in [-0.05, 0) is 44.2 Å². The molecule has 0 aliphatic carbocycles. The highest BCUT2D eigenvalue weighted by molar-refractivity contribution is 5.74. The average molecular weight is 276 g/mol. The largest absolute Gasteiger partial charge is 0.394 e. The van der Waals surface area contributed by atoms with Gasteiger partial charge in [-0.15, -0.1) is 0 Å². The zero-order chi connectivity index (χ0) is 14.5. The second kappa shape index (κ2) is 6.75. The van der Waals surface area contributed by atoms with E-state index < -0.39 is 0 Å². The molecule has 0 radical (unpaired) electrons. The topological polar surface area (TPSA) is 52.6 Å². The molecule has 1 heterocycles. The molecule has 4 heteroatoms. The van der Waals surface area contributed by atoms with Crippen LogP contribution in [0.4, 0.5) is 4.79 Å². The molecule has 0 spiro atoms. The molecule has 0 unspecified atom stereocenters. The molecule has 2 N–H and O–H groups in total. The van der Waals surface area contributed by atoms with Crippen LogP contribution in [0.15, 0.2) is 18.2 Å². The van der Waals surface area contributed by atoms with E-state index in [2.05, 4.69) is 37.4 Å². The van der Waals surface area contributed by atoms with Crippen LogP contribution in [0.5, 0.6) is 0 Å². The Kier molecular flexibility index (Phi) is 5.01. The van der Waals surface area contributed by atoms with Crippen molar-refractivity contribution in [2.45, 2.75) is 39.2 Å². The minimum Gasteiger partial charge on any atom is -0.394 e. The van der Waals surface area contributed by atoms with E-state index in [1.165, 1.54) is 16.7 Å². The van der Waals surface area contributed by atoms with Crippen LogP contribution in [0.1, 0.15) is 29.5 Å². The van der Waals surface area contributed by atoms with Gasteiger partial charge in [-0.25, -0.2) is 4.79 Å². The summed E-state index contributed by atoms with van der Waals surface area (Å²) in [6, 6.07) is 6.34. The molecule has 1 aliphatic heterocycles. The summed E-state index contributed by atoms with van der Waals surface area (Å²) in [5.74, 6) is 0. The molecular weight excluding hydrogens is 252 g/mol. The summed E-state index contributed by atoms with van der Waals surface area (Å²) >= 11 is 0. The maximum absolute atomic E-state index is 12.0. The fraction of sp³-hybridized carbons (Fsp3) is 0.562. The van der Waals surface area contributed by atoms with Gasteiger partial charge in [0.2, 0.25) is 0 Å². The highest BCUT2D eigenvalue weighted by Gasteiger charge is 2.27. The summed E-state index contributed by atoms with van der Waals surface area (Å²) in [4.78, 5) is 13.8. The van der Waals surface area contributed by atoms with E-state index in [9.17, 15) is 9.90 Å². The number of aliphatic hydroxyl groups is 1. The van der Waals surface area contributed by atoms with Gasteiger partial charge in [-0.2, -0.15) is 0 Å². The van der Waals surface area contributed by atoms with Gasteiger partial charge >= 0.3 is 6.03 Å². The molecule has 110 valence electrons. The van der Waals surface area contributed by atoms with Gasteiger partial charge in [0.25, 0.3) is 0 Å². The molecule has 1 fully saturated rings. The molecule has 1 aliphatic rings. The van der Waals surface area contributed by atoms with Crippen molar-refractivity contribution in [3.8, 4) is 0 Å². The Morgan fingerprint density at radius 2 is 2.25 bits per heavy atom. The van der Waals surface area contributed by atoms with Gasteiger partial charge in [0, 0.05) is 13.1 Å². The summed E-state index contributed by atoms with van der Waals surface area (Å²) in [6.45, 7) is 5.63. The number of hydrogen-bond acceptors (Lipinski definition) is 2. The average Bonchev–Trinajstić information content (AvgIpc) is 2.89. The van der Waals surface area contributed by atoms with Crippen LogP contribution in [0.25, 0.3) is 0 Å². The first-order chi connectivity index (χ1) is 9.61. The number of hydrogen-bond donors (Lipinski definition) is 2. The van der Waals surface area contributed by atoms with Crippen LogP contribution in [-0.2, 0) is 6.42 Å². The maximum Gasteiger partial charge on any atom is 0.317 e. The number of nitrogens with one attached hydrogen (secondary N) is 1. The van der Waals surface area contributed by atoms with Gasteiger partial charge in [-0.1, -0.05) is 23.8 Å². The highest BCUT2D eigenvalue weighted by Crippen LogP contribution is 2.16. The number of urea groups is 1.